The number of hydrogen-bond acceptors (Lipinski definition) is 8. The van der Waals surface area contributed by atoms with Gasteiger partial charge in [-0.15, -0.1) is 11.3 Å². The normalized spacial score (nSPS) is 17.0. The highest BCUT2D eigenvalue weighted by molar-refractivity contribution is 7.09. The smallest absolute Gasteiger partial charge is 0.264 e. The second-order valence-electron chi connectivity index (χ2n) is 6.06. The average molecular weight is 372 g/mol. The summed E-state index contributed by atoms with van der Waals surface area (Å²) in [5.41, 5.74) is 0.0887. The van der Waals surface area contributed by atoms with Gasteiger partial charge in [-0.3, -0.25) is 9.59 Å². The van der Waals surface area contributed by atoms with Crippen LogP contribution in [0.5, 0.6) is 0 Å². The van der Waals surface area contributed by atoms with Crippen molar-refractivity contribution in [2.45, 2.75) is 32.7 Å². The van der Waals surface area contributed by atoms with Gasteiger partial charge in [-0.2, -0.15) is 4.98 Å². The molecule has 0 bridgehead atoms. The van der Waals surface area contributed by atoms with Gasteiger partial charge in [0.15, 0.2) is 11.6 Å². The van der Waals surface area contributed by atoms with Crippen molar-refractivity contribution >= 4 is 17.2 Å². The predicted octanol–water partition coefficient (Wildman–Crippen LogP) is 1.87. The van der Waals surface area contributed by atoms with Gasteiger partial charge >= 0.3 is 0 Å². The largest absolute Gasteiger partial charge is 0.337 e. The zero-order valence-electron chi connectivity index (χ0n) is 14.2. The van der Waals surface area contributed by atoms with Crippen molar-refractivity contribution in [3.63, 3.8) is 0 Å². The molecule has 1 N–H and O–H groups in total. The number of aromatic amines is 1. The molecule has 1 saturated heterocycles. The molecular formula is C16H16N6O3S. The maximum Gasteiger partial charge on any atom is 0.264 e. The fraction of sp³-hybridized carbons (Fsp3) is 0.375. The van der Waals surface area contributed by atoms with Crippen LogP contribution in [-0.2, 0) is 0 Å². The van der Waals surface area contributed by atoms with Crippen LogP contribution in [-0.4, -0.2) is 42.4 Å². The number of hydrogen-bond donors (Lipinski definition) is 1. The van der Waals surface area contributed by atoms with Crippen LogP contribution >= 0.6 is 11.3 Å². The van der Waals surface area contributed by atoms with Crippen LogP contribution in [0.2, 0.25) is 0 Å². The molecule has 1 fully saturated rings. The van der Waals surface area contributed by atoms with Crippen molar-refractivity contribution in [2.24, 2.45) is 0 Å². The van der Waals surface area contributed by atoms with Gasteiger partial charge in [0.1, 0.15) is 17.3 Å². The van der Waals surface area contributed by atoms with Gasteiger partial charge in [0.25, 0.3) is 11.5 Å². The van der Waals surface area contributed by atoms with E-state index in [1.807, 2.05) is 12.3 Å². The number of carbonyl (C=O) groups excluding carboxylic acids is 1. The molecule has 9 nitrogen and oxygen atoms in total. The Bertz CT molecular complexity index is 1020. The monoisotopic (exact) mass is 372 g/mol. The van der Waals surface area contributed by atoms with E-state index in [0.717, 1.165) is 17.8 Å². The van der Waals surface area contributed by atoms with Crippen molar-refractivity contribution in [2.75, 3.05) is 6.54 Å². The van der Waals surface area contributed by atoms with Crippen molar-refractivity contribution in [3.8, 4) is 11.5 Å². The fourth-order valence-electron chi connectivity index (χ4n) is 3.02. The number of thiazole rings is 1. The van der Waals surface area contributed by atoms with Crippen molar-refractivity contribution in [1.29, 1.82) is 0 Å². The Labute approximate surface area is 152 Å². The predicted molar refractivity (Wildman–Crippen MR) is 92.7 cm³/mol. The van der Waals surface area contributed by atoms with Crippen molar-refractivity contribution in [1.82, 2.24) is 30.0 Å². The topological polar surface area (TPSA) is 118 Å². The van der Waals surface area contributed by atoms with E-state index in [4.69, 9.17) is 4.52 Å². The average Bonchev–Trinajstić information content (AvgIpc) is 3.34. The molecule has 4 heterocycles. The molecule has 10 heteroatoms. The molecule has 3 aromatic heterocycles. The standard InChI is InChI=1S/C16H16N6O3S/c1-8-18-15(25-21-8)12-4-3-5-22(12)16(24)10-6-17-13(20-14(10)23)11-7-26-9(2)19-11/h6-7,12H,3-5H2,1-2H3,(H,17,20,23)/t12-/m1/s1. The molecule has 0 radical (unpaired) electrons. The summed E-state index contributed by atoms with van der Waals surface area (Å²) in [5, 5.41) is 6.46. The first kappa shape index (κ1) is 16.6. The van der Waals surface area contributed by atoms with Gasteiger partial charge in [-0.1, -0.05) is 5.16 Å². The molecular weight excluding hydrogens is 356 g/mol. The molecule has 0 aliphatic carbocycles. The van der Waals surface area contributed by atoms with Crippen LogP contribution in [0.4, 0.5) is 0 Å². The van der Waals surface area contributed by atoms with Gasteiger partial charge < -0.3 is 14.4 Å². The van der Waals surface area contributed by atoms with Crippen LogP contribution in [0.15, 0.2) is 20.9 Å². The first-order valence-corrected chi connectivity index (χ1v) is 9.04. The lowest BCUT2D eigenvalue weighted by Gasteiger charge is -2.21. The number of rotatable bonds is 3. The molecule has 1 amide bonds. The maximum absolute atomic E-state index is 12.9. The number of aryl methyl sites for hydroxylation is 2. The molecule has 1 atom stereocenters. The third kappa shape index (κ3) is 2.92. The quantitative estimate of drug-likeness (QED) is 0.745. The lowest BCUT2D eigenvalue weighted by atomic mass is 10.2. The molecule has 134 valence electrons. The zero-order chi connectivity index (χ0) is 18.3. The summed E-state index contributed by atoms with van der Waals surface area (Å²) < 4.78 is 5.21. The number of aromatic nitrogens is 5. The Kier molecular flexibility index (Phi) is 4.11. The van der Waals surface area contributed by atoms with E-state index in [2.05, 4.69) is 25.1 Å². The molecule has 4 rings (SSSR count). The number of carbonyl (C=O) groups is 1. The minimum Gasteiger partial charge on any atom is -0.337 e. The van der Waals surface area contributed by atoms with E-state index in [-0.39, 0.29) is 11.6 Å². The summed E-state index contributed by atoms with van der Waals surface area (Å²) in [4.78, 5) is 42.3. The second kappa shape index (κ2) is 6.45. The molecule has 26 heavy (non-hydrogen) atoms. The summed E-state index contributed by atoms with van der Waals surface area (Å²) >= 11 is 1.46. The highest BCUT2D eigenvalue weighted by Gasteiger charge is 2.35. The van der Waals surface area contributed by atoms with Gasteiger partial charge in [-0.25, -0.2) is 9.97 Å². The Morgan fingerprint density at radius 3 is 2.88 bits per heavy atom. The molecule has 3 aromatic rings. The van der Waals surface area contributed by atoms with Crippen LogP contribution in [0, 0.1) is 13.8 Å². The molecule has 0 saturated carbocycles. The van der Waals surface area contributed by atoms with Gasteiger partial charge in [0, 0.05) is 18.1 Å². The molecule has 0 unspecified atom stereocenters. The van der Waals surface area contributed by atoms with Crippen molar-refractivity contribution in [3.05, 3.63) is 44.2 Å². The molecule has 0 aromatic carbocycles. The van der Waals surface area contributed by atoms with E-state index < -0.39 is 11.5 Å². The lowest BCUT2D eigenvalue weighted by Crippen LogP contribution is -2.35. The van der Waals surface area contributed by atoms with Crippen LogP contribution in [0.3, 0.4) is 0 Å². The van der Waals surface area contributed by atoms with Crippen LogP contribution in [0.25, 0.3) is 11.5 Å². The van der Waals surface area contributed by atoms with Crippen LogP contribution < -0.4 is 5.56 Å². The fourth-order valence-corrected chi connectivity index (χ4v) is 3.62. The number of amides is 1. The van der Waals surface area contributed by atoms with E-state index in [0.29, 0.717) is 29.8 Å². The summed E-state index contributed by atoms with van der Waals surface area (Å²) in [5.74, 6) is 0.869. The summed E-state index contributed by atoms with van der Waals surface area (Å²) in [7, 11) is 0. The number of nitrogens with zero attached hydrogens (tertiary/aromatic N) is 5. The molecule has 0 spiro atoms. The Morgan fingerprint density at radius 1 is 1.38 bits per heavy atom. The highest BCUT2D eigenvalue weighted by Crippen LogP contribution is 2.31. The van der Waals surface area contributed by atoms with Crippen LogP contribution in [0.1, 0.15) is 46.0 Å². The molecule has 1 aliphatic heterocycles. The molecule has 1 aliphatic rings. The maximum atomic E-state index is 12.9. The summed E-state index contributed by atoms with van der Waals surface area (Å²) in [6.45, 7) is 4.12. The summed E-state index contributed by atoms with van der Waals surface area (Å²) in [6.07, 6.45) is 2.83. The van der Waals surface area contributed by atoms with Crippen molar-refractivity contribution < 1.29 is 9.32 Å². The Balaban J connectivity index is 1.62. The minimum atomic E-state index is -0.488. The number of likely N-dealkylation sites (tertiary alicyclic amines) is 1. The number of H-pyrrole nitrogens is 1. The van der Waals surface area contributed by atoms with E-state index >= 15 is 0 Å². The van der Waals surface area contributed by atoms with Gasteiger partial charge in [-0.05, 0) is 26.7 Å². The first-order chi connectivity index (χ1) is 12.5. The van der Waals surface area contributed by atoms with Gasteiger partial charge in [0.05, 0.1) is 5.01 Å². The van der Waals surface area contributed by atoms with Gasteiger partial charge in [0.2, 0.25) is 5.89 Å². The van der Waals surface area contributed by atoms with E-state index in [9.17, 15) is 9.59 Å². The lowest BCUT2D eigenvalue weighted by molar-refractivity contribution is 0.0708. The zero-order valence-corrected chi connectivity index (χ0v) is 15.0. The first-order valence-electron chi connectivity index (χ1n) is 8.16. The Hall–Kier alpha value is -2.88. The highest BCUT2D eigenvalue weighted by atomic mass is 32.1. The summed E-state index contributed by atoms with van der Waals surface area (Å²) in [6, 6.07) is -0.316. The van der Waals surface area contributed by atoms with E-state index in [1.54, 1.807) is 11.8 Å². The van der Waals surface area contributed by atoms with E-state index in [1.165, 1.54) is 17.5 Å². The number of nitrogens with one attached hydrogen (secondary N) is 1. The SMILES string of the molecule is Cc1noc([C@H]2CCCN2C(=O)c2cnc(-c3csc(C)n3)[nH]c2=O)n1. The second-order valence-corrected chi connectivity index (χ2v) is 7.12. The Morgan fingerprint density at radius 2 is 2.23 bits per heavy atom. The minimum absolute atomic E-state index is 0.0103. The third-order valence-corrected chi connectivity index (χ3v) is 5.01. The third-order valence-electron chi connectivity index (χ3n) is 4.23.